The number of nitrogens with zero attached hydrogens (tertiary/aromatic N) is 13. The molecule has 0 aliphatic carbocycles. The van der Waals surface area contributed by atoms with Crippen molar-refractivity contribution in [2.24, 2.45) is 14.1 Å². The van der Waals surface area contributed by atoms with Crippen molar-refractivity contribution in [2.75, 3.05) is 79.7 Å². The lowest BCUT2D eigenvalue weighted by molar-refractivity contribution is 0.122. The predicted molar refractivity (Wildman–Crippen MR) is 248 cm³/mol. The van der Waals surface area contributed by atoms with E-state index in [2.05, 4.69) is 123 Å². The van der Waals surface area contributed by atoms with Crippen LogP contribution in [-0.4, -0.2) is 109 Å². The maximum absolute atomic E-state index is 5.41. The fraction of sp³-hybridized carbons (Fsp3) is 0.319. The number of aromatic nitrogens is 10. The molecule has 10 rings (SSSR count). The van der Waals surface area contributed by atoms with Crippen LogP contribution in [0.2, 0.25) is 0 Å². The zero-order valence-electron chi connectivity index (χ0n) is 36.4. The van der Waals surface area contributed by atoms with E-state index in [0.717, 1.165) is 145 Å². The predicted octanol–water partition coefficient (Wildman–Crippen LogP) is 7.16. The van der Waals surface area contributed by atoms with Crippen LogP contribution >= 0.6 is 0 Å². The molecule has 0 amide bonds. The van der Waals surface area contributed by atoms with Gasteiger partial charge in [-0.2, -0.15) is 0 Å². The van der Waals surface area contributed by atoms with Gasteiger partial charge in [0, 0.05) is 107 Å². The molecule has 16 nitrogen and oxygen atoms in total. The highest BCUT2D eigenvalue weighted by Crippen LogP contribution is 2.32. The van der Waals surface area contributed by atoms with Gasteiger partial charge in [0.2, 0.25) is 11.9 Å². The molecule has 2 aliphatic rings. The summed E-state index contributed by atoms with van der Waals surface area (Å²) >= 11 is 0. The summed E-state index contributed by atoms with van der Waals surface area (Å²) in [5.74, 6) is 3.22. The second-order valence-electron chi connectivity index (χ2n) is 15.6. The van der Waals surface area contributed by atoms with Gasteiger partial charge in [0.05, 0.1) is 62.5 Å². The van der Waals surface area contributed by atoms with Crippen molar-refractivity contribution in [1.82, 2.24) is 49.0 Å². The van der Waals surface area contributed by atoms with Crippen LogP contribution in [-0.2, 0) is 36.4 Å². The van der Waals surface area contributed by atoms with Gasteiger partial charge in [0.1, 0.15) is 22.7 Å². The van der Waals surface area contributed by atoms with E-state index in [4.69, 9.17) is 9.47 Å². The van der Waals surface area contributed by atoms with Gasteiger partial charge in [-0.15, -0.1) is 0 Å². The van der Waals surface area contributed by atoms with Crippen LogP contribution in [0.25, 0.3) is 44.3 Å². The van der Waals surface area contributed by atoms with Crippen LogP contribution in [0.4, 0.5) is 34.9 Å². The largest absolute Gasteiger partial charge is 0.378 e. The molecule has 6 aromatic heterocycles. The van der Waals surface area contributed by atoms with E-state index in [0.29, 0.717) is 0 Å². The Kier molecular flexibility index (Phi) is 12.1. The molecule has 0 bridgehead atoms. The molecule has 2 aromatic carbocycles. The molecular formula is C47H52N14O2. The minimum absolute atomic E-state index is 0.724. The Balaban J connectivity index is 0.000000160. The first kappa shape index (κ1) is 41.3. The molecule has 0 unspecified atom stereocenters. The summed E-state index contributed by atoms with van der Waals surface area (Å²) in [6.07, 6.45) is 16.7. The maximum Gasteiger partial charge on any atom is 0.225 e. The summed E-state index contributed by atoms with van der Waals surface area (Å²) in [5.41, 5.74) is 12.8. The number of rotatable bonds is 10. The monoisotopic (exact) mass is 844 g/mol. The third-order valence-corrected chi connectivity index (χ3v) is 11.7. The Morgan fingerprint density at radius 3 is 1.62 bits per heavy atom. The number of morpholine rings is 2. The summed E-state index contributed by atoms with van der Waals surface area (Å²) in [5, 5.41) is 3.46. The molecule has 8 aromatic rings. The van der Waals surface area contributed by atoms with Gasteiger partial charge in [0.15, 0.2) is 0 Å². The first-order valence-electron chi connectivity index (χ1n) is 21.5. The quantitative estimate of drug-likeness (QED) is 0.148. The Morgan fingerprint density at radius 2 is 1.06 bits per heavy atom. The van der Waals surface area contributed by atoms with Crippen LogP contribution in [0.3, 0.4) is 0 Å². The molecule has 0 saturated carbocycles. The molecule has 63 heavy (non-hydrogen) atoms. The van der Waals surface area contributed by atoms with E-state index in [1.807, 2.05) is 66.6 Å². The van der Waals surface area contributed by atoms with Crippen molar-refractivity contribution < 1.29 is 9.47 Å². The highest BCUT2D eigenvalue weighted by atomic mass is 16.5. The van der Waals surface area contributed by atoms with Gasteiger partial charge >= 0.3 is 0 Å². The lowest BCUT2D eigenvalue weighted by atomic mass is 10.0. The molecule has 8 heterocycles. The molecule has 322 valence electrons. The number of imidazole rings is 2. The molecule has 2 fully saturated rings. The van der Waals surface area contributed by atoms with Gasteiger partial charge in [-0.3, -0.25) is 0 Å². The summed E-state index contributed by atoms with van der Waals surface area (Å²) in [6.45, 7) is 10.6. The molecule has 16 heteroatoms. The normalized spacial score (nSPS) is 14.2. The van der Waals surface area contributed by atoms with Crippen LogP contribution in [0.5, 0.6) is 0 Å². The van der Waals surface area contributed by atoms with E-state index >= 15 is 0 Å². The van der Waals surface area contributed by atoms with Crippen LogP contribution < -0.4 is 20.0 Å². The smallest absolute Gasteiger partial charge is 0.225 e. The van der Waals surface area contributed by atoms with E-state index in [1.54, 1.807) is 12.5 Å². The first-order chi connectivity index (χ1) is 30.8. The number of hydrogen-bond acceptors (Lipinski definition) is 14. The van der Waals surface area contributed by atoms with E-state index in [9.17, 15) is 0 Å². The van der Waals surface area contributed by atoms with Crippen molar-refractivity contribution in [3.05, 3.63) is 109 Å². The zero-order valence-corrected chi connectivity index (χ0v) is 36.4. The number of pyridine rings is 2. The highest BCUT2D eigenvalue weighted by Gasteiger charge is 2.17. The van der Waals surface area contributed by atoms with Crippen molar-refractivity contribution in [2.45, 2.75) is 26.7 Å². The highest BCUT2D eigenvalue weighted by molar-refractivity contribution is 5.81. The molecule has 0 spiro atoms. The Labute approximate surface area is 366 Å². The van der Waals surface area contributed by atoms with Crippen LogP contribution in [0, 0.1) is 0 Å². The second kappa shape index (κ2) is 18.5. The van der Waals surface area contributed by atoms with Gasteiger partial charge in [-0.25, -0.2) is 39.9 Å². The molecule has 2 saturated heterocycles. The molecule has 0 atom stereocenters. The van der Waals surface area contributed by atoms with Crippen molar-refractivity contribution in [3.8, 4) is 22.3 Å². The number of nitrogens with one attached hydrogen (secondary N) is 1. The SMILES string of the molecule is CCc1cc(-c2cnc(N3CCOCC3)nc2)ccc1N(C)c1cc2c(cn1)ncn2C.CCc1cc(-c2cnc(N3CCOCC3)nc2)ccc1Nc1cc2c(cn1)ncn2C. The van der Waals surface area contributed by atoms with Gasteiger partial charge in [0.25, 0.3) is 0 Å². The average Bonchev–Trinajstić information content (AvgIpc) is 3.92. The summed E-state index contributed by atoms with van der Waals surface area (Å²) in [4.78, 5) is 42.6. The lowest BCUT2D eigenvalue weighted by Gasteiger charge is -2.26. The summed E-state index contributed by atoms with van der Waals surface area (Å²) in [6, 6.07) is 17.0. The molecule has 0 radical (unpaired) electrons. The minimum atomic E-state index is 0.724. The van der Waals surface area contributed by atoms with Crippen molar-refractivity contribution >= 4 is 57.0 Å². The Hall–Kier alpha value is -7.04. The Bertz CT molecular complexity index is 2810. The summed E-state index contributed by atoms with van der Waals surface area (Å²) < 4.78 is 14.8. The fourth-order valence-electron chi connectivity index (χ4n) is 7.92. The average molecular weight is 845 g/mol. The van der Waals surface area contributed by atoms with Gasteiger partial charge in [-0.1, -0.05) is 26.0 Å². The number of anilines is 6. The zero-order chi connectivity index (χ0) is 43.3. The first-order valence-corrected chi connectivity index (χ1v) is 21.5. The lowest BCUT2D eigenvalue weighted by Crippen LogP contribution is -2.37. The minimum Gasteiger partial charge on any atom is -0.378 e. The number of ether oxygens (including phenoxy) is 2. The molecule has 2 aliphatic heterocycles. The second-order valence-corrected chi connectivity index (χ2v) is 15.6. The number of fused-ring (bicyclic) bond motifs is 2. The number of benzene rings is 2. The Morgan fingerprint density at radius 1 is 0.556 bits per heavy atom. The fourth-order valence-corrected chi connectivity index (χ4v) is 7.92. The topological polar surface area (TPSA) is 153 Å². The van der Waals surface area contributed by atoms with Crippen LogP contribution in [0.1, 0.15) is 25.0 Å². The third kappa shape index (κ3) is 8.99. The molecular weight excluding hydrogens is 793 g/mol. The number of aryl methyl sites for hydroxylation is 4. The van der Waals surface area contributed by atoms with E-state index in [1.165, 1.54) is 11.1 Å². The van der Waals surface area contributed by atoms with Crippen molar-refractivity contribution in [1.29, 1.82) is 0 Å². The van der Waals surface area contributed by atoms with Gasteiger partial charge < -0.3 is 38.6 Å². The van der Waals surface area contributed by atoms with Crippen LogP contribution in [0.15, 0.2) is 98.4 Å². The van der Waals surface area contributed by atoms with Crippen molar-refractivity contribution in [3.63, 3.8) is 0 Å². The maximum atomic E-state index is 5.41. The van der Waals surface area contributed by atoms with E-state index in [-0.39, 0.29) is 0 Å². The number of hydrogen-bond donors (Lipinski definition) is 1. The standard InChI is InChI=1S/C24H27N7O.C23H25N7O/c1-4-17-11-18(19-13-26-24(27-14-19)31-7-9-32-10-8-31)5-6-21(17)30(3)23-12-22-20(15-25-23)28-16-29(22)2;1-3-16-10-17(18-12-25-23(26-13-18)30-6-8-31-9-7-30)4-5-19(16)28-22-11-21-20(14-24-22)27-15-29(21)2/h5-6,11-16H,4,7-10H2,1-3H3;4-5,10-15H,3,6-9H2,1-2H3,(H,24,28). The third-order valence-electron chi connectivity index (χ3n) is 11.7. The summed E-state index contributed by atoms with van der Waals surface area (Å²) in [7, 11) is 6.04. The van der Waals surface area contributed by atoms with Gasteiger partial charge in [-0.05, 0) is 59.4 Å². The molecule has 1 N–H and O–H groups in total. The van der Waals surface area contributed by atoms with E-state index < -0.39 is 0 Å².